The normalized spacial score (nSPS) is 10.2. The van der Waals surface area contributed by atoms with Crippen molar-refractivity contribution < 1.29 is 4.92 Å². The lowest BCUT2D eigenvalue weighted by molar-refractivity contribution is -0.384. The van der Waals surface area contributed by atoms with E-state index in [1.807, 2.05) is 0 Å². The topological polar surface area (TPSA) is 90.1 Å². The number of anilines is 2. The molecule has 98 valence electrons. The van der Waals surface area contributed by atoms with Crippen molar-refractivity contribution in [2.24, 2.45) is 7.05 Å². The molecule has 7 nitrogen and oxygen atoms in total. The molecule has 2 rings (SSSR count). The summed E-state index contributed by atoms with van der Waals surface area (Å²) >= 11 is 3.18. The summed E-state index contributed by atoms with van der Waals surface area (Å²) in [5, 5.41) is 13.4. The molecule has 8 heteroatoms. The molecule has 0 aliphatic carbocycles. The van der Waals surface area contributed by atoms with Gasteiger partial charge in [0.05, 0.1) is 4.92 Å². The van der Waals surface area contributed by atoms with Crippen molar-refractivity contribution in [2.45, 2.75) is 0 Å². The van der Waals surface area contributed by atoms with Crippen molar-refractivity contribution in [2.75, 3.05) is 5.32 Å². The average molecular weight is 325 g/mol. The summed E-state index contributed by atoms with van der Waals surface area (Å²) in [5.74, 6) is 0.0948. The largest absolute Gasteiger partial charge is 0.335 e. The van der Waals surface area contributed by atoms with Gasteiger partial charge < -0.3 is 9.88 Å². The van der Waals surface area contributed by atoms with Gasteiger partial charge in [0.25, 0.3) is 11.2 Å². The van der Waals surface area contributed by atoms with Gasteiger partial charge in [-0.2, -0.15) is 0 Å². The zero-order chi connectivity index (χ0) is 14.0. The van der Waals surface area contributed by atoms with Crippen LogP contribution < -0.4 is 10.9 Å². The minimum absolute atomic E-state index is 0.0585. The van der Waals surface area contributed by atoms with Crippen molar-refractivity contribution in [1.29, 1.82) is 0 Å². The zero-order valence-corrected chi connectivity index (χ0v) is 11.4. The van der Waals surface area contributed by atoms with Crippen molar-refractivity contribution >= 4 is 33.1 Å². The molecule has 1 aromatic heterocycles. The molecule has 0 unspecified atom stereocenters. The predicted octanol–water partition coefficient (Wildman–Crippen LogP) is 2.19. The molecule has 0 spiro atoms. The highest BCUT2D eigenvalue weighted by atomic mass is 79.9. The molecular formula is C11H9BrN4O3. The van der Waals surface area contributed by atoms with Crippen LogP contribution in [0.3, 0.4) is 0 Å². The molecule has 0 fully saturated rings. The first-order valence-corrected chi connectivity index (χ1v) is 6.01. The van der Waals surface area contributed by atoms with Gasteiger partial charge >= 0.3 is 0 Å². The van der Waals surface area contributed by atoms with Gasteiger partial charge in [0.2, 0.25) is 0 Å². The Morgan fingerprint density at radius 3 is 2.89 bits per heavy atom. The number of halogens is 1. The van der Waals surface area contributed by atoms with Crippen LogP contribution in [0.4, 0.5) is 17.2 Å². The highest BCUT2D eigenvalue weighted by molar-refractivity contribution is 9.10. The van der Waals surface area contributed by atoms with E-state index >= 15 is 0 Å². The van der Waals surface area contributed by atoms with Gasteiger partial charge in [0.1, 0.15) is 4.60 Å². The maximum Gasteiger partial charge on any atom is 0.293 e. The quantitative estimate of drug-likeness (QED) is 0.690. The first-order valence-electron chi connectivity index (χ1n) is 5.22. The van der Waals surface area contributed by atoms with Gasteiger partial charge in [0, 0.05) is 31.1 Å². The number of nitrogens with zero attached hydrogens (tertiary/aromatic N) is 3. The summed E-state index contributed by atoms with van der Waals surface area (Å²) in [5.41, 5.74) is 0.0448. The van der Waals surface area contributed by atoms with Crippen molar-refractivity contribution in [3.63, 3.8) is 0 Å². The number of non-ortho nitro benzene ring substituents is 1. The maximum absolute atomic E-state index is 11.8. The van der Waals surface area contributed by atoms with Crippen LogP contribution >= 0.6 is 15.9 Å². The fourth-order valence-electron chi connectivity index (χ4n) is 1.48. The van der Waals surface area contributed by atoms with Gasteiger partial charge in [-0.25, -0.2) is 4.98 Å². The minimum atomic E-state index is -0.502. The van der Waals surface area contributed by atoms with E-state index in [9.17, 15) is 14.9 Å². The molecule has 0 aliphatic heterocycles. The van der Waals surface area contributed by atoms with Crippen LogP contribution in [-0.4, -0.2) is 14.5 Å². The first kappa shape index (κ1) is 13.2. The van der Waals surface area contributed by atoms with Crippen molar-refractivity contribution in [3.05, 3.63) is 55.5 Å². The maximum atomic E-state index is 11.8. The first-order chi connectivity index (χ1) is 8.97. The molecule has 0 amide bonds. The number of nitro benzene ring substituents is 1. The molecule has 1 aromatic carbocycles. The van der Waals surface area contributed by atoms with E-state index in [0.29, 0.717) is 10.3 Å². The summed E-state index contributed by atoms with van der Waals surface area (Å²) in [6.07, 6.45) is 1.53. The Bertz CT molecular complexity index is 699. The molecule has 19 heavy (non-hydrogen) atoms. The van der Waals surface area contributed by atoms with Gasteiger partial charge in [-0.15, -0.1) is 0 Å². The fourth-order valence-corrected chi connectivity index (χ4v) is 1.97. The number of benzene rings is 1. The summed E-state index contributed by atoms with van der Waals surface area (Å²) in [4.78, 5) is 26.0. The smallest absolute Gasteiger partial charge is 0.293 e. The number of aryl methyl sites for hydroxylation is 1. The summed E-state index contributed by atoms with van der Waals surface area (Å²) in [6, 6.07) is 5.86. The third-order valence-electron chi connectivity index (χ3n) is 2.36. The minimum Gasteiger partial charge on any atom is -0.335 e. The summed E-state index contributed by atoms with van der Waals surface area (Å²) in [6.45, 7) is 0. The molecule has 1 heterocycles. The van der Waals surface area contributed by atoms with Crippen molar-refractivity contribution in [3.8, 4) is 0 Å². The Morgan fingerprint density at radius 2 is 2.21 bits per heavy atom. The molecule has 0 saturated carbocycles. The zero-order valence-electron chi connectivity index (χ0n) is 9.83. The van der Waals surface area contributed by atoms with Gasteiger partial charge in [0.15, 0.2) is 5.82 Å². The summed E-state index contributed by atoms with van der Waals surface area (Å²) < 4.78 is 1.85. The molecule has 0 radical (unpaired) electrons. The Kier molecular flexibility index (Phi) is 3.61. The SMILES string of the molecule is Cn1cc(Br)nc(Nc2cccc([N+](=O)[O-])c2)c1=O. The van der Waals surface area contributed by atoms with E-state index in [2.05, 4.69) is 26.2 Å². The van der Waals surface area contributed by atoms with Crippen LogP contribution in [-0.2, 0) is 7.05 Å². The monoisotopic (exact) mass is 324 g/mol. The second-order valence-corrected chi connectivity index (χ2v) is 4.57. The van der Waals surface area contributed by atoms with Crippen LogP contribution in [0.2, 0.25) is 0 Å². The molecule has 0 atom stereocenters. The van der Waals surface area contributed by atoms with Crippen LogP contribution in [0.25, 0.3) is 0 Å². The number of nitro groups is 1. The van der Waals surface area contributed by atoms with Crippen molar-refractivity contribution in [1.82, 2.24) is 9.55 Å². The Labute approximate surface area is 116 Å². The lowest BCUT2D eigenvalue weighted by atomic mass is 10.3. The highest BCUT2D eigenvalue weighted by Crippen LogP contribution is 2.19. The molecule has 2 aromatic rings. The number of aromatic nitrogens is 2. The Morgan fingerprint density at radius 1 is 1.47 bits per heavy atom. The van der Waals surface area contributed by atoms with E-state index in [4.69, 9.17) is 0 Å². The summed E-state index contributed by atoms with van der Waals surface area (Å²) in [7, 11) is 1.59. The number of hydrogen-bond acceptors (Lipinski definition) is 5. The highest BCUT2D eigenvalue weighted by Gasteiger charge is 2.09. The van der Waals surface area contributed by atoms with Crippen LogP contribution in [0.1, 0.15) is 0 Å². The van der Waals surface area contributed by atoms with Gasteiger partial charge in [-0.3, -0.25) is 14.9 Å². The van der Waals surface area contributed by atoms with Crippen LogP contribution in [0.5, 0.6) is 0 Å². The second kappa shape index (κ2) is 5.19. The van der Waals surface area contributed by atoms with E-state index in [0.717, 1.165) is 0 Å². The average Bonchev–Trinajstić information content (AvgIpc) is 2.35. The molecule has 1 N–H and O–H groups in total. The molecular weight excluding hydrogens is 316 g/mol. The number of rotatable bonds is 3. The third kappa shape index (κ3) is 2.97. The number of nitrogens with one attached hydrogen (secondary N) is 1. The second-order valence-electron chi connectivity index (χ2n) is 3.76. The van der Waals surface area contributed by atoms with Gasteiger partial charge in [-0.05, 0) is 22.0 Å². The molecule has 0 saturated heterocycles. The van der Waals surface area contributed by atoms with Gasteiger partial charge in [-0.1, -0.05) is 6.07 Å². The van der Waals surface area contributed by atoms with E-state index < -0.39 is 4.92 Å². The third-order valence-corrected chi connectivity index (χ3v) is 2.74. The number of hydrogen-bond donors (Lipinski definition) is 1. The molecule has 0 aliphatic rings. The lowest BCUT2D eigenvalue weighted by Crippen LogP contribution is -2.21. The van der Waals surface area contributed by atoms with E-state index in [1.54, 1.807) is 13.1 Å². The standard InChI is InChI=1S/C11H9BrN4O3/c1-15-6-9(12)14-10(11(15)17)13-7-3-2-4-8(5-7)16(18)19/h2-6H,1H3,(H,13,14). The van der Waals surface area contributed by atoms with E-state index in [1.165, 1.54) is 29.0 Å². The molecule has 0 bridgehead atoms. The Balaban J connectivity index is 2.39. The van der Waals surface area contributed by atoms with Crippen LogP contribution in [0.15, 0.2) is 39.9 Å². The van der Waals surface area contributed by atoms with E-state index in [-0.39, 0.29) is 17.1 Å². The predicted molar refractivity (Wildman–Crippen MR) is 73.6 cm³/mol. The fraction of sp³-hybridized carbons (Fsp3) is 0.0909. The van der Waals surface area contributed by atoms with Crippen LogP contribution in [0, 0.1) is 10.1 Å². The Hall–Kier alpha value is -2.22. The lowest BCUT2D eigenvalue weighted by Gasteiger charge is -2.06.